The molecule has 0 spiro atoms. The lowest BCUT2D eigenvalue weighted by Gasteiger charge is -2.23. The van der Waals surface area contributed by atoms with Crippen molar-refractivity contribution in [1.82, 2.24) is 4.90 Å². The second kappa shape index (κ2) is 36.0. The van der Waals surface area contributed by atoms with Crippen LogP contribution in [0.15, 0.2) is 0 Å². The van der Waals surface area contributed by atoms with Crippen LogP contribution in [0.25, 0.3) is 0 Å². The van der Waals surface area contributed by atoms with Gasteiger partial charge in [-0.1, -0.05) is 143 Å². The van der Waals surface area contributed by atoms with E-state index in [9.17, 15) is 14.4 Å². The lowest BCUT2D eigenvalue weighted by Crippen LogP contribution is -2.27. The highest BCUT2D eigenvalue weighted by Gasteiger charge is 2.28. The molecule has 0 N–H and O–H groups in total. The first-order valence-corrected chi connectivity index (χ1v) is 22.7. The molecule has 0 aromatic carbocycles. The predicted octanol–water partition coefficient (Wildman–Crippen LogP) is 13.0. The monoisotopic (exact) mass is 752 g/mol. The number of esters is 3. The number of ether oxygens (including phenoxy) is 3. The molecule has 0 aromatic heterocycles. The Bertz CT molecular complexity index is 849. The fraction of sp³-hybridized carbons (Fsp3) is 0.935. The molecule has 314 valence electrons. The summed E-state index contributed by atoms with van der Waals surface area (Å²) in [5.74, 6) is 0.467. The van der Waals surface area contributed by atoms with E-state index >= 15 is 0 Å². The second-order valence-corrected chi connectivity index (χ2v) is 16.9. The van der Waals surface area contributed by atoms with E-state index in [1.165, 1.54) is 83.5 Å². The Labute approximate surface area is 329 Å². The van der Waals surface area contributed by atoms with Gasteiger partial charge in [0.05, 0.1) is 18.6 Å². The van der Waals surface area contributed by atoms with E-state index in [0.717, 1.165) is 103 Å². The van der Waals surface area contributed by atoms with Crippen LogP contribution in [0.1, 0.15) is 227 Å². The molecule has 0 aliphatic heterocycles. The zero-order valence-electron chi connectivity index (χ0n) is 36.4. The number of hydrogen-bond acceptors (Lipinski definition) is 7. The Morgan fingerprint density at radius 2 is 0.981 bits per heavy atom. The molecule has 1 unspecified atom stereocenters. The highest BCUT2D eigenvalue weighted by Crippen LogP contribution is 2.27. The highest BCUT2D eigenvalue weighted by atomic mass is 16.5. The fourth-order valence-electron chi connectivity index (χ4n) is 7.07. The summed E-state index contributed by atoms with van der Waals surface area (Å²) >= 11 is 0. The van der Waals surface area contributed by atoms with E-state index in [4.69, 9.17) is 14.2 Å². The third kappa shape index (κ3) is 33.4. The maximum Gasteiger partial charge on any atom is 0.311 e. The number of unbranched alkanes of at least 4 members (excludes halogenated alkanes) is 16. The Morgan fingerprint density at radius 3 is 1.55 bits per heavy atom. The number of rotatable bonds is 39. The molecule has 0 bridgehead atoms. The zero-order chi connectivity index (χ0) is 39.4. The lowest BCUT2D eigenvalue weighted by molar-refractivity contribution is -0.154. The molecule has 7 heteroatoms. The van der Waals surface area contributed by atoms with Gasteiger partial charge in [-0.15, -0.1) is 0 Å². The summed E-state index contributed by atoms with van der Waals surface area (Å²) in [4.78, 5) is 39.9. The smallest absolute Gasteiger partial charge is 0.311 e. The molecule has 0 amide bonds. The second-order valence-electron chi connectivity index (χ2n) is 16.9. The van der Waals surface area contributed by atoms with E-state index in [-0.39, 0.29) is 24.0 Å². The Balaban J connectivity index is 4.41. The minimum atomic E-state index is -0.470. The predicted molar refractivity (Wildman–Crippen MR) is 223 cm³/mol. The molecular formula is C46H89NO6. The van der Waals surface area contributed by atoms with Crippen molar-refractivity contribution in [3.05, 3.63) is 0 Å². The summed E-state index contributed by atoms with van der Waals surface area (Å²) in [6.07, 6.45) is 32.1. The van der Waals surface area contributed by atoms with Gasteiger partial charge in [-0.3, -0.25) is 14.4 Å². The van der Waals surface area contributed by atoms with Crippen LogP contribution in [-0.4, -0.2) is 62.8 Å². The van der Waals surface area contributed by atoms with Gasteiger partial charge in [0.15, 0.2) is 0 Å². The molecule has 53 heavy (non-hydrogen) atoms. The molecule has 0 radical (unpaired) electrons. The summed E-state index contributed by atoms with van der Waals surface area (Å²) < 4.78 is 17.2. The summed E-state index contributed by atoms with van der Waals surface area (Å²) in [6, 6.07) is 0. The normalized spacial score (nSPS) is 12.4. The maximum absolute atomic E-state index is 12.7. The van der Waals surface area contributed by atoms with Crippen LogP contribution < -0.4 is 0 Å². The number of hydrogen-bond donors (Lipinski definition) is 0. The molecule has 0 heterocycles. The van der Waals surface area contributed by atoms with Gasteiger partial charge < -0.3 is 19.1 Å². The quantitative estimate of drug-likeness (QED) is 0.0351. The third-order valence-electron chi connectivity index (χ3n) is 10.8. The van der Waals surface area contributed by atoms with Crippen molar-refractivity contribution in [2.45, 2.75) is 233 Å². The fourth-order valence-corrected chi connectivity index (χ4v) is 7.07. The van der Waals surface area contributed by atoms with E-state index in [1.807, 2.05) is 27.9 Å². The zero-order valence-corrected chi connectivity index (χ0v) is 36.4. The molecule has 1 atom stereocenters. The van der Waals surface area contributed by atoms with Gasteiger partial charge in [0, 0.05) is 12.8 Å². The minimum absolute atomic E-state index is 0.0291. The first kappa shape index (κ1) is 51.4. The largest absolute Gasteiger partial charge is 0.466 e. The van der Waals surface area contributed by atoms with Gasteiger partial charge in [-0.2, -0.15) is 0 Å². The molecule has 0 saturated heterocycles. The number of carbonyl (C=O) groups excluding carboxylic acids is 3. The summed E-state index contributed by atoms with van der Waals surface area (Å²) in [6.45, 7) is 12.7. The Kier molecular flexibility index (Phi) is 34.9. The molecule has 7 nitrogen and oxygen atoms in total. The van der Waals surface area contributed by atoms with Crippen molar-refractivity contribution < 1.29 is 28.6 Å². The molecule has 0 fully saturated rings. The van der Waals surface area contributed by atoms with E-state index < -0.39 is 5.41 Å². The van der Waals surface area contributed by atoms with Crippen LogP contribution in [0, 0.1) is 11.3 Å². The summed E-state index contributed by atoms with van der Waals surface area (Å²) in [5, 5.41) is 0. The van der Waals surface area contributed by atoms with E-state index in [0.29, 0.717) is 32.0 Å². The topological polar surface area (TPSA) is 82.1 Å². The number of carbonyl (C=O) groups is 3. The van der Waals surface area contributed by atoms with Crippen molar-refractivity contribution in [2.75, 3.05) is 33.9 Å². The summed E-state index contributed by atoms with van der Waals surface area (Å²) in [7, 11) is 4.05. The molecule has 0 aliphatic carbocycles. The van der Waals surface area contributed by atoms with Crippen LogP contribution in [0.4, 0.5) is 0 Å². The van der Waals surface area contributed by atoms with Crippen molar-refractivity contribution >= 4 is 17.9 Å². The standard InChI is InChI=1S/C46H89NO6/c1-8-11-14-15-16-19-28-40-52-45(50)46(4,5)37-26-21-25-33-42(53-44(49)34-29-38-47(6)7)32-24-18-17-20-27-39-51-43(48)36-35-41(30-22-12-9-2)31-23-13-10-3/h41-42H,8-40H2,1-7H3. The molecule has 0 aromatic rings. The van der Waals surface area contributed by atoms with Gasteiger partial charge >= 0.3 is 17.9 Å². The van der Waals surface area contributed by atoms with Crippen LogP contribution in [0.3, 0.4) is 0 Å². The van der Waals surface area contributed by atoms with E-state index in [1.54, 1.807) is 0 Å². The Morgan fingerprint density at radius 1 is 0.509 bits per heavy atom. The molecule has 0 saturated carbocycles. The van der Waals surface area contributed by atoms with Gasteiger partial charge in [0.1, 0.15) is 6.10 Å². The summed E-state index contributed by atoms with van der Waals surface area (Å²) in [5.41, 5.74) is -0.470. The van der Waals surface area contributed by atoms with Gasteiger partial charge in [-0.05, 0) is 98.2 Å². The minimum Gasteiger partial charge on any atom is -0.466 e. The van der Waals surface area contributed by atoms with Crippen LogP contribution in [0.5, 0.6) is 0 Å². The highest BCUT2D eigenvalue weighted by molar-refractivity contribution is 5.75. The van der Waals surface area contributed by atoms with Gasteiger partial charge in [0.25, 0.3) is 0 Å². The molecular weight excluding hydrogens is 663 g/mol. The van der Waals surface area contributed by atoms with Gasteiger partial charge in [0.2, 0.25) is 0 Å². The molecule has 0 aliphatic rings. The van der Waals surface area contributed by atoms with Gasteiger partial charge in [-0.25, -0.2) is 0 Å². The Hall–Kier alpha value is -1.63. The van der Waals surface area contributed by atoms with Crippen molar-refractivity contribution in [2.24, 2.45) is 11.3 Å². The van der Waals surface area contributed by atoms with E-state index in [2.05, 4.69) is 25.7 Å². The van der Waals surface area contributed by atoms with Crippen LogP contribution >= 0.6 is 0 Å². The lowest BCUT2D eigenvalue weighted by atomic mass is 9.86. The van der Waals surface area contributed by atoms with Crippen LogP contribution in [-0.2, 0) is 28.6 Å². The first-order chi connectivity index (χ1) is 25.5. The molecule has 0 rings (SSSR count). The third-order valence-corrected chi connectivity index (χ3v) is 10.8. The average Bonchev–Trinajstić information content (AvgIpc) is 3.12. The van der Waals surface area contributed by atoms with Crippen molar-refractivity contribution in [1.29, 1.82) is 0 Å². The maximum atomic E-state index is 12.7. The average molecular weight is 752 g/mol. The van der Waals surface area contributed by atoms with Crippen molar-refractivity contribution in [3.63, 3.8) is 0 Å². The van der Waals surface area contributed by atoms with Crippen LogP contribution in [0.2, 0.25) is 0 Å². The SMILES string of the molecule is CCCCCCCCCOC(=O)C(C)(C)CCCCCC(CCCCCCCOC(=O)CCC(CCCCC)CCCCC)OC(=O)CCCN(C)C. The first-order valence-electron chi connectivity index (χ1n) is 22.7. The number of nitrogens with zero attached hydrogens (tertiary/aromatic N) is 1. The van der Waals surface area contributed by atoms with Crippen molar-refractivity contribution in [3.8, 4) is 0 Å².